The molecule has 31 heavy (non-hydrogen) atoms. The van der Waals surface area contributed by atoms with Gasteiger partial charge in [0.1, 0.15) is 17.3 Å². The van der Waals surface area contributed by atoms with Gasteiger partial charge in [-0.15, -0.1) is 0 Å². The maximum atomic E-state index is 12.8. The molecule has 6 nitrogen and oxygen atoms in total. The zero-order chi connectivity index (χ0) is 22.0. The first-order chi connectivity index (χ1) is 14.9. The van der Waals surface area contributed by atoms with Gasteiger partial charge in [0.15, 0.2) is 0 Å². The van der Waals surface area contributed by atoms with Gasteiger partial charge in [0.25, 0.3) is 5.56 Å². The summed E-state index contributed by atoms with van der Waals surface area (Å²) in [5, 5.41) is 0.571. The lowest BCUT2D eigenvalue weighted by molar-refractivity contribution is 0.0462. The Labute approximate surface area is 183 Å². The van der Waals surface area contributed by atoms with Crippen LogP contribution in [0.5, 0.6) is 0 Å². The third-order valence-electron chi connectivity index (χ3n) is 4.74. The number of nitrogens with zero attached hydrogens (tertiary/aromatic N) is 3. The molecule has 0 radical (unpaired) electrons. The Morgan fingerprint density at radius 2 is 1.87 bits per heavy atom. The molecule has 0 saturated heterocycles. The van der Waals surface area contributed by atoms with E-state index in [1.165, 1.54) is 27.8 Å². The van der Waals surface area contributed by atoms with Crippen molar-refractivity contribution in [2.45, 2.75) is 37.3 Å². The van der Waals surface area contributed by atoms with E-state index in [1.807, 2.05) is 39.0 Å². The molecule has 0 atom stereocenters. The molecule has 0 unspecified atom stereocenters. The van der Waals surface area contributed by atoms with Crippen LogP contribution in [-0.4, -0.2) is 20.3 Å². The van der Waals surface area contributed by atoms with Crippen LogP contribution in [0.25, 0.3) is 5.65 Å². The fraction of sp³-hybridized carbons (Fsp3) is 0.167. The molecule has 0 aliphatic carbocycles. The van der Waals surface area contributed by atoms with E-state index in [0.29, 0.717) is 21.9 Å². The normalized spacial score (nSPS) is 10.9. The topological polar surface area (TPSA) is 73.6 Å². The van der Waals surface area contributed by atoms with Crippen molar-refractivity contribution in [2.75, 3.05) is 0 Å². The van der Waals surface area contributed by atoms with Gasteiger partial charge in [-0.25, -0.2) is 14.8 Å². The second kappa shape index (κ2) is 8.73. The SMILES string of the molecule is Cc1ccc(Sc2ncccc2C(=O)OCc2cc(=O)n3cc(C)ccc3n2)c(C)c1. The van der Waals surface area contributed by atoms with Crippen molar-refractivity contribution in [3.63, 3.8) is 0 Å². The van der Waals surface area contributed by atoms with Crippen LogP contribution in [-0.2, 0) is 11.3 Å². The van der Waals surface area contributed by atoms with Gasteiger partial charge in [0.2, 0.25) is 0 Å². The lowest BCUT2D eigenvalue weighted by atomic mass is 10.2. The number of aryl methyl sites for hydroxylation is 3. The Balaban J connectivity index is 1.54. The number of carbonyl (C=O) groups excluding carboxylic acids is 1. The number of hydrogen-bond acceptors (Lipinski definition) is 6. The zero-order valence-corrected chi connectivity index (χ0v) is 18.3. The smallest absolute Gasteiger partial charge is 0.341 e. The van der Waals surface area contributed by atoms with Crippen molar-refractivity contribution >= 4 is 23.4 Å². The quantitative estimate of drug-likeness (QED) is 0.433. The summed E-state index contributed by atoms with van der Waals surface area (Å²) in [6.07, 6.45) is 3.38. The fourth-order valence-electron chi connectivity index (χ4n) is 3.19. The zero-order valence-electron chi connectivity index (χ0n) is 17.5. The van der Waals surface area contributed by atoms with Crippen LogP contribution in [0.3, 0.4) is 0 Å². The van der Waals surface area contributed by atoms with E-state index in [0.717, 1.165) is 16.0 Å². The summed E-state index contributed by atoms with van der Waals surface area (Å²) in [7, 11) is 0. The van der Waals surface area contributed by atoms with E-state index in [4.69, 9.17) is 4.74 Å². The number of benzene rings is 1. The van der Waals surface area contributed by atoms with Crippen molar-refractivity contribution in [2.24, 2.45) is 0 Å². The number of rotatable bonds is 5. The van der Waals surface area contributed by atoms with Gasteiger partial charge in [-0.2, -0.15) is 0 Å². The maximum absolute atomic E-state index is 12.8. The third kappa shape index (κ3) is 4.67. The van der Waals surface area contributed by atoms with Crippen molar-refractivity contribution in [1.82, 2.24) is 14.4 Å². The lowest BCUT2D eigenvalue weighted by Gasteiger charge is -2.10. The summed E-state index contributed by atoms with van der Waals surface area (Å²) in [5.74, 6) is -0.508. The van der Waals surface area contributed by atoms with E-state index in [1.54, 1.807) is 30.6 Å². The van der Waals surface area contributed by atoms with Gasteiger partial charge in [-0.1, -0.05) is 35.5 Å². The summed E-state index contributed by atoms with van der Waals surface area (Å²) >= 11 is 1.42. The third-order valence-corrected chi connectivity index (χ3v) is 5.94. The van der Waals surface area contributed by atoms with Crippen LogP contribution in [0.15, 0.2) is 75.6 Å². The molecule has 0 saturated carbocycles. The summed E-state index contributed by atoms with van der Waals surface area (Å²) in [6, 6.07) is 14.6. The monoisotopic (exact) mass is 431 g/mol. The first-order valence-corrected chi connectivity index (χ1v) is 10.6. The van der Waals surface area contributed by atoms with Gasteiger partial charge in [0.05, 0.1) is 11.3 Å². The number of pyridine rings is 2. The number of fused-ring (bicyclic) bond motifs is 1. The molecule has 0 N–H and O–H groups in total. The summed E-state index contributed by atoms with van der Waals surface area (Å²) in [4.78, 5) is 34.9. The molecule has 0 spiro atoms. The molecular formula is C24H21N3O3S. The molecule has 0 aliphatic heterocycles. The Hall–Kier alpha value is -3.45. The highest BCUT2D eigenvalue weighted by Crippen LogP contribution is 2.31. The molecule has 3 heterocycles. The Kier molecular flexibility index (Phi) is 5.86. The number of esters is 1. The standard InChI is InChI=1S/C24H21N3O3S/c1-15-6-8-20(17(3)11-15)31-23-19(5-4-10-25-23)24(29)30-14-18-12-22(28)27-13-16(2)7-9-21(27)26-18/h4-13H,14H2,1-3H3. The molecule has 4 rings (SSSR count). The van der Waals surface area contributed by atoms with Crippen LogP contribution in [0.2, 0.25) is 0 Å². The number of aromatic nitrogens is 3. The summed E-state index contributed by atoms with van der Waals surface area (Å²) < 4.78 is 6.94. The first-order valence-electron chi connectivity index (χ1n) is 9.77. The molecule has 156 valence electrons. The van der Waals surface area contributed by atoms with Crippen molar-refractivity contribution in [1.29, 1.82) is 0 Å². The Bertz CT molecular complexity index is 1350. The van der Waals surface area contributed by atoms with Crippen LogP contribution in [0.1, 0.15) is 32.7 Å². The number of hydrogen-bond donors (Lipinski definition) is 0. The number of carbonyl (C=O) groups is 1. The van der Waals surface area contributed by atoms with Crippen molar-refractivity contribution in [3.05, 3.63) is 99.2 Å². The van der Waals surface area contributed by atoms with Crippen LogP contribution in [0.4, 0.5) is 0 Å². The summed E-state index contributed by atoms with van der Waals surface area (Å²) in [6.45, 7) is 5.88. The largest absolute Gasteiger partial charge is 0.456 e. The minimum Gasteiger partial charge on any atom is -0.456 e. The van der Waals surface area contributed by atoms with E-state index in [9.17, 15) is 9.59 Å². The number of ether oxygens (including phenoxy) is 1. The van der Waals surface area contributed by atoms with Crippen LogP contribution < -0.4 is 5.56 Å². The highest BCUT2D eigenvalue weighted by atomic mass is 32.2. The average molecular weight is 432 g/mol. The van der Waals surface area contributed by atoms with Crippen LogP contribution >= 0.6 is 11.8 Å². The van der Waals surface area contributed by atoms with Gasteiger partial charge in [0, 0.05) is 23.4 Å². The minimum atomic E-state index is -0.508. The van der Waals surface area contributed by atoms with Gasteiger partial charge >= 0.3 is 5.97 Å². The highest BCUT2D eigenvalue weighted by Gasteiger charge is 2.16. The molecule has 0 bridgehead atoms. The molecule has 0 amide bonds. The van der Waals surface area contributed by atoms with E-state index in [-0.39, 0.29) is 12.2 Å². The predicted octanol–water partition coefficient (Wildman–Crippen LogP) is 4.52. The van der Waals surface area contributed by atoms with Crippen molar-refractivity contribution < 1.29 is 9.53 Å². The lowest BCUT2D eigenvalue weighted by Crippen LogP contribution is -2.17. The highest BCUT2D eigenvalue weighted by molar-refractivity contribution is 7.99. The Morgan fingerprint density at radius 1 is 1.06 bits per heavy atom. The van der Waals surface area contributed by atoms with Gasteiger partial charge in [-0.3, -0.25) is 9.20 Å². The minimum absolute atomic E-state index is 0.0962. The second-order valence-corrected chi connectivity index (χ2v) is 8.35. The van der Waals surface area contributed by atoms with Gasteiger partial charge in [-0.05, 0) is 56.2 Å². The fourth-order valence-corrected chi connectivity index (χ4v) is 4.13. The average Bonchev–Trinajstić information content (AvgIpc) is 2.75. The molecule has 1 aromatic carbocycles. The van der Waals surface area contributed by atoms with E-state index in [2.05, 4.69) is 16.0 Å². The van der Waals surface area contributed by atoms with E-state index < -0.39 is 5.97 Å². The predicted molar refractivity (Wildman–Crippen MR) is 120 cm³/mol. The maximum Gasteiger partial charge on any atom is 0.341 e. The van der Waals surface area contributed by atoms with E-state index >= 15 is 0 Å². The molecule has 4 aromatic rings. The molecule has 7 heteroatoms. The molecule has 0 aliphatic rings. The van der Waals surface area contributed by atoms with Crippen molar-refractivity contribution in [3.8, 4) is 0 Å². The second-order valence-electron chi connectivity index (χ2n) is 7.32. The summed E-state index contributed by atoms with van der Waals surface area (Å²) in [5.41, 5.74) is 4.32. The Morgan fingerprint density at radius 3 is 2.68 bits per heavy atom. The van der Waals surface area contributed by atoms with Crippen LogP contribution in [0, 0.1) is 20.8 Å². The molecule has 0 fully saturated rings. The first kappa shape index (κ1) is 20.8. The molecule has 3 aromatic heterocycles. The van der Waals surface area contributed by atoms with Gasteiger partial charge < -0.3 is 4.74 Å². The molecular weight excluding hydrogens is 410 g/mol.